The van der Waals surface area contributed by atoms with Crippen molar-refractivity contribution in [2.75, 3.05) is 11.1 Å². The normalized spacial score (nSPS) is 11.2. The molecule has 0 atom stereocenters. The Kier molecular flexibility index (Phi) is 4.48. The zero-order valence-electron chi connectivity index (χ0n) is 14.1. The molecule has 4 rings (SSSR count). The maximum Gasteiger partial charge on any atom is 0.236 e. The summed E-state index contributed by atoms with van der Waals surface area (Å²) in [6, 6.07) is 9.72. The SMILES string of the molecule is Cc1csc(NC(=O)CSc2nnc(-c3cc4ccccc4o3)n2C)n1. The van der Waals surface area contributed by atoms with E-state index in [0.29, 0.717) is 21.9 Å². The van der Waals surface area contributed by atoms with Crippen LogP contribution in [-0.4, -0.2) is 31.4 Å². The van der Waals surface area contributed by atoms with Gasteiger partial charge in [0.05, 0.1) is 11.4 Å². The molecule has 0 bridgehead atoms. The van der Waals surface area contributed by atoms with Crippen LogP contribution in [0.25, 0.3) is 22.6 Å². The number of para-hydroxylation sites is 1. The van der Waals surface area contributed by atoms with Gasteiger partial charge in [0.2, 0.25) is 5.91 Å². The smallest absolute Gasteiger partial charge is 0.236 e. The first-order chi connectivity index (χ1) is 12.6. The minimum absolute atomic E-state index is 0.127. The number of fused-ring (bicyclic) bond motifs is 1. The van der Waals surface area contributed by atoms with E-state index in [1.807, 2.05) is 54.3 Å². The van der Waals surface area contributed by atoms with Gasteiger partial charge in [0.15, 0.2) is 21.9 Å². The first-order valence-electron chi connectivity index (χ1n) is 7.83. The van der Waals surface area contributed by atoms with E-state index in [1.54, 1.807) is 0 Å². The Hall–Kier alpha value is -2.65. The first kappa shape index (κ1) is 16.8. The highest BCUT2D eigenvalue weighted by atomic mass is 32.2. The lowest BCUT2D eigenvalue weighted by molar-refractivity contribution is -0.113. The number of furan rings is 1. The Morgan fingerprint density at radius 3 is 2.96 bits per heavy atom. The van der Waals surface area contributed by atoms with Gasteiger partial charge in [-0.3, -0.25) is 4.79 Å². The second kappa shape index (κ2) is 6.93. The van der Waals surface area contributed by atoms with Crippen molar-refractivity contribution in [2.24, 2.45) is 7.05 Å². The molecule has 9 heteroatoms. The molecule has 0 saturated heterocycles. The number of anilines is 1. The van der Waals surface area contributed by atoms with Crippen molar-refractivity contribution in [3.8, 4) is 11.6 Å². The van der Waals surface area contributed by atoms with Crippen LogP contribution in [0.5, 0.6) is 0 Å². The van der Waals surface area contributed by atoms with Crippen LogP contribution in [-0.2, 0) is 11.8 Å². The summed E-state index contributed by atoms with van der Waals surface area (Å²) in [4.78, 5) is 16.3. The van der Waals surface area contributed by atoms with E-state index in [-0.39, 0.29) is 11.7 Å². The van der Waals surface area contributed by atoms with Gasteiger partial charge in [-0.25, -0.2) is 4.98 Å². The maximum absolute atomic E-state index is 12.1. The molecule has 1 amide bonds. The molecule has 0 aliphatic rings. The van der Waals surface area contributed by atoms with Gasteiger partial charge in [-0.1, -0.05) is 30.0 Å². The van der Waals surface area contributed by atoms with E-state index in [2.05, 4.69) is 20.5 Å². The molecule has 132 valence electrons. The number of carbonyl (C=O) groups excluding carboxylic acids is 1. The molecule has 4 aromatic rings. The summed E-state index contributed by atoms with van der Waals surface area (Å²) in [5.74, 6) is 1.37. The van der Waals surface area contributed by atoms with Gasteiger partial charge in [-0.2, -0.15) is 0 Å². The van der Waals surface area contributed by atoms with Gasteiger partial charge in [-0.05, 0) is 19.1 Å². The standard InChI is InChI=1S/C17H15N5O2S2/c1-10-8-25-16(18-10)19-14(23)9-26-17-21-20-15(22(17)2)13-7-11-5-3-4-6-12(11)24-13/h3-8H,9H2,1-2H3,(H,18,19,23). The molecule has 0 radical (unpaired) electrons. The molecule has 1 N–H and O–H groups in total. The Morgan fingerprint density at radius 2 is 2.19 bits per heavy atom. The lowest BCUT2D eigenvalue weighted by atomic mass is 10.2. The number of benzene rings is 1. The highest BCUT2D eigenvalue weighted by molar-refractivity contribution is 7.99. The van der Waals surface area contributed by atoms with E-state index >= 15 is 0 Å². The molecule has 26 heavy (non-hydrogen) atoms. The average Bonchev–Trinajstić information content (AvgIpc) is 3.31. The summed E-state index contributed by atoms with van der Waals surface area (Å²) < 4.78 is 7.66. The minimum Gasteiger partial charge on any atom is -0.453 e. The van der Waals surface area contributed by atoms with Gasteiger partial charge in [0.1, 0.15) is 5.58 Å². The number of nitrogens with one attached hydrogen (secondary N) is 1. The Labute approximate surface area is 157 Å². The molecule has 0 aliphatic carbocycles. The van der Waals surface area contributed by atoms with E-state index in [1.165, 1.54) is 23.1 Å². The number of thioether (sulfide) groups is 1. The predicted molar refractivity (Wildman–Crippen MR) is 102 cm³/mol. The zero-order valence-corrected chi connectivity index (χ0v) is 15.7. The number of nitrogens with zero attached hydrogens (tertiary/aromatic N) is 4. The van der Waals surface area contributed by atoms with Crippen molar-refractivity contribution in [3.05, 3.63) is 41.4 Å². The van der Waals surface area contributed by atoms with Gasteiger partial charge in [0.25, 0.3) is 0 Å². The topological polar surface area (TPSA) is 85.8 Å². The fourth-order valence-corrected chi connectivity index (χ4v) is 3.86. The number of hydrogen-bond donors (Lipinski definition) is 1. The van der Waals surface area contributed by atoms with Gasteiger partial charge < -0.3 is 14.3 Å². The van der Waals surface area contributed by atoms with Crippen molar-refractivity contribution >= 4 is 45.1 Å². The number of amides is 1. The van der Waals surface area contributed by atoms with Crippen LogP contribution in [0.3, 0.4) is 0 Å². The van der Waals surface area contributed by atoms with Crippen LogP contribution in [0, 0.1) is 6.92 Å². The largest absolute Gasteiger partial charge is 0.453 e. The quantitative estimate of drug-likeness (QED) is 0.527. The number of rotatable bonds is 5. The molecule has 1 aromatic carbocycles. The molecule has 7 nitrogen and oxygen atoms in total. The zero-order chi connectivity index (χ0) is 18.1. The number of aromatic nitrogens is 4. The predicted octanol–water partition coefficient (Wildman–Crippen LogP) is 3.72. The van der Waals surface area contributed by atoms with Crippen LogP contribution < -0.4 is 5.32 Å². The molecule has 0 saturated carbocycles. The van der Waals surface area contributed by atoms with E-state index < -0.39 is 0 Å². The minimum atomic E-state index is -0.127. The molecule has 0 spiro atoms. The average molecular weight is 385 g/mol. The summed E-state index contributed by atoms with van der Waals surface area (Å²) in [5, 5.41) is 15.3. The summed E-state index contributed by atoms with van der Waals surface area (Å²) >= 11 is 2.72. The Morgan fingerprint density at radius 1 is 1.35 bits per heavy atom. The van der Waals surface area contributed by atoms with Gasteiger partial charge in [-0.15, -0.1) is 21.5 Å². The summed E-state index contributed by atoms with van der Waals surface area (Å²) in [6.07, 6.45) is 0. The Bertz CT molecular complexity index is 1050. The van der Waals surface area contributed by atoms with Crippen LogP contribution in [0.15, 0.2) is 45.3 Å². The Balaban J connectivity index is 1.46. The van der Waals surface area contributed by atoms with E-state index in [4.69, 9.17) is 4.42 Å². The maximum atomic E-state index is 12.1. The summed E-state index contributed by atoms with van der Waals surface area (Å²) in [5.41, 5.74) is 1.69. The molecule has 0 aliphatic heterocycles. The molecular weight excluding hydrogens is 370 g/mol. The number of thiazole rings is 1. The highest BCUT2D eigenvalue weighted by Crippen LogP contribution is 2.28. The van der Waals surface area contributed by atoms with E-state index in [9.17, 15) is 4.79 Å². The van der Waals surface area contributed by atoms with Crippen molar-refractivity contribution < 1.29 is 9.21 Å². The second-order valence-electron chi connectivity index (χ2n) is 5.64. The van der Waals surface area contributed by atoms with Crippen molar-refractivity contribution in [2.45, 2.75) is 12.1 Å². The highest BCUT2D eigenvalue weighted by Gasteiger charge is 2.16. The van der Waals surface area contributed by atoms with Crippen LogP contribution in [0.1, 0.15) is 5.69 Å². The molecule has 0 unspecified atom stereocenters. The molecule has 3 heterocycles. The summed E-state index contributed by atoms with van der Waals surface area (Å²) in [7, 11) is 1.85. The molecule has 0 fully saturated rings. The van der Waals surface area contributed by atoms with Crippen LogP contribution in [0.2, 0.25) is 0 Å². The van der Waals surface area contributed by atoms with Crippen LogP contribution >= 0.6 is 23.1 Å². The number of aryl methyl sites for hydroxylation is 1. The molecule has 3 aromatic heterocycles. The number of carbonyl (C=O) groups is 1. The summed E-state index contributed by atoms with van der Waals surface area (Å²) in [6.45, 7) is 1.89. The third-order valence-corrected chi connectivity index (χ3v) is 5.57. The van der Waals surface area contributed by atoms with Gasteiger partial charge >= 0.3 is 0 Å². The van der Waals surface area contributed by atoms with E-state index in [0.717, 1.165) is 16.7 Å². The van der Waals surface area contributed by atoms with Crippen molar-refractivity contribution in [3.63, 3.8) is 0 Å². The first-order valence-corrected chi connectivity index (χ1v) is 9.70. The van der Waals surface area contributed by atoms with Crippen molar-refractivity contribution in [1.82, 2.24) is 19.7 Å². The monoisotopic (exact) mass is 385 g/mol. The van der Waals surface area contributed by atoms with Gasteiger partial charge in [0, 0.05) is 17.8 Å². The second-order valence-corrected chi connectivity index (χ2v) is 7.45. The fraction of sp³-hybridized carbons (Fsp3) is 0.176. The molecular formula is C17H15N5O2S2. The van der Waals surface area contributed by atoms with Crippen LogP contribution in [0.4, 0.5) is 5.13 Å². The lowest BCUT2D eigenvalue weighted by Gasteiger charge is -2.02. The van der Waals surface area contributed by atoms with Crippen molar-refractivity contribution in [1.29, 1.82) is 0 Å². The third-order valence-electron chi connectivity index (χ3n) is 3.68. The number of hydrogen-bond acceptors (Lipinski definition) is 7. The fourth-order valence-electron chi connectivity index (χ4n) is 2.44. The third kappa shape index (κ3) is 3.35. The lowest BCUT2D eigenvalue weighted by Crippen LogP contribution is -2.14.